The van der Waals surface area contributed by atoms with E-state index in [2.05, 4.69) is 36.6 Å². The molecule has 0 aromatic carbocycles. The van der Waals surface area contributed by atoms with Crippen molar-refractivity contribution in [2.45, 2.75) is 32.9 Å². The monoisotopic (exact) mass is 340 g/mol. The van der Waals surface area contributed by atoms with E-state index in [9.17, 15) is 4.79 Å². The normalized spacial score (nSPS) is 16.9. The van der Waals surface area contributed by atoms with Crippen LogP contribution >= 0.6 is 0 Å². The Morgan fingerprint density at radius 3 is 2.92 bits per heavy atom. The van der Waals surface area contributed by atoms with Gasteiger partial charge in [-0.25, -0.2) is 9.97 Å². The maximum Gasteiger partial charge on any atom is 0.288 e. The lowest BCUT2D eigenvalue weighted by molar-refractivity contribution is 0.0952. The van der Waals surface area contributed by atoms with Crippen molar-refractivity contribution in [3.8, 4) is 0 Å². The van der Waals surface area contributed by atoms with Gasteiger partial charge in [-0.2, -0.15) is 0 Å². The van der Waals surface area contributed by atoms with Gasteiger partial charge in [-0.05, 0) is 31.9 Å². The molecule has 0 saturated carbocycles. The third-order valence-corrected chi connectivity index (χ3v) is 4.60. The highest BCUT2D eigenvalue weighted by Gasteiger charge is 2.26. The molecule has 0 spiro atoms. The summed E-state index contributed by atoms with van der Waals surface area (Å²) in [6.07, 6.45) is 4.70. The second-order valence-electron chi connectivity index (χ2n) is 6.33. The zero-order chi connectivity index (χ0) is 17.8. The minimum atomic E-state index is -0.255. The summed E-state index contributed by atoms with van der Waals surface area (Å²) in [4.78, 5) is 27.1. The second-order valence-corrected chi connectivity index (χ2v) is 6.33. The molecule has 1 aliphatic rings. The van der Waals surface area contributed by atoms with Gasteiger partial charge in [0.25, 0.3) is 5.91 Å². The van der Waals surface area contributed by atoms with Crippen LogP contribution in [0.1, 0.15) is 33.9 Å². The van der Waals surface area contributed by atoms with Crippen molar-refractivity contribution in [1.29, 1.82) is 0 Å². The predicted octanol–water partition coefficient (Wildman–Crippen LogP) is 1.22. The molecule has 0 bridgehead atoms. The molecular formula is C18H24N6O. The van der Waals surface area contributed by atoms with E-state index in [4.69, 9.17) is 0 Å². The van der Waals surface area contributed by atoms with Crippen LogP contribution in [0.2, 0.25) is 0 Å². The highest BCUT2D eigenvalue weighted by molar-refractivity contribution is 5.90. The largest absolute Gasteiger partial charge is 0.355 e. The molecule has 2 N–H and O–H groups in total. The fraction of sp³-hybridized carbons (Fsp3) is 0.444. The number of anilines is 1. The molecule has 7 heteroatoms. The second kappa shape index (κ2) is 7.57. The van der Waals surface area contributed by atoms with Crippen molar-refractivity contribution in [1.82, 2.24) is 25.6 Å². The van der Waals surface area contributed by atoms with Crippen LogP contribution in [0.25, 0.3) is 0 Å². The number of nitrogens with zero attached hydrogens (tertiary/aromatic N) is 4. The van der Waals surface area contributed by atoms with E-state index >= 15 is 0 Å². The Labute approximate surface area is 147 Å². The summed E-state index contributed by atoms with van der Waals surface area (Å²) < 4.78 is 0. The van der Waals surface area contributed by atoms with Gasteiger partial charge in [0.15, 0.2) is 0 Å². The van der Waals surface area contributed by atoms with Crippen LogP contribution < -0.4 is 15.5 Å². The van der Waals surface area contributed by atoms with Crippen LogP contribution in [-0.2, 0) is 6.54 Å². The first-order valence-corrected chi connectivity index (χ1v) is 8.53. The molecule has 1 fully saturated rings. The molecule has 3 heterocycles. The van der Waals surface area contributed by atoms with Gasteiger partial charge in [-0.3, -0.25) is 9.78 Å². The van der Waals surface area contributed by atoms with Crippen molar-refractivity contribution >= 4 is 11.7 Å². The average Bonchev–Trinajstić information content (AvgIpc) is 3.11. The fourth-order valence-corrected chi connectivity index (χ4v) is 3.02. The predicted molar refractivity (Wildman–Crippen MR) is 96.6 cm³/mol. The number of hydrogen-bond donors (Lipinski definition) is 2. The Morgan fingerprint density at radius 2 is 2.20 bits per heavy atom. The molecule has 1 amide bonds. The molecule has 3 rings (SSSR count). The fourth-order valence-electron chi connectivity index (χ4n) is 3.02. The summed E-state index contributed by atoms with van der Waals surface area (Å²) >= 11 is 0. The van der Waals surface area contributed by atoms with Crippen LogP contribution in [-0.4, -0.2) is 47.0 Å². The quantitative estimate of drug-likeness (QED) is 0.851. The molecule has 0 unspecified atom stereocenters. The minimum Gasteiger partial charge on any atom is -0.355 e. The Morgan fingerprint density at radius 1 is 1.36 bits per heavy atom. The van der Waals surface area contributed by atoms with E-state index < -0.39 is 0 Å². The Hall–Kier alpha value is -2.54. The molecule has 1 atom stereocenters. The van der Waals surface area contributed by atoms with Crippen molar-refractivity contribution in [2.75, 3.05) is 25.0 Å². The van der Waals surface area contributed by atoms with Gasteiger partial charge in [-0.1, -0.05) is 6.07 Å². The number of carbonyl (C=O) groups is 1. The maximum absolute atomic E-state index is 11.9. The standard InChI is InChI=1S/C18H24N6O/c1-12-13(2)22-16(18(25)19-3)23-17(12)24-8-6-15(11-24)21-10-14-5-4-7-20-9-14/h4-5,7,9,15,21H,6,8,10-11H2,1-3H3,(H,19,25)/t15-/m1/s1. The van der Waals surface area contributed by atoms with E-state index in [1.165, 1.54) is 5.56 Å². The molecule has 7 nitrogen and oxygen atoms in total. The van der Waals surface area contributed by atoms with Crippen molar-refractivity contribution in [2.24, 2.45) is 0 Å². The molecule has 132 valence electrons. The SMILES string of the molecule is CNC(=O)c1nc(C)c(C)c(N2CC[C@@H](NCc3cccnc3)C2)n1. The van der Waals surface area contributed by atoms with Crippen LogP contribution in [0.5, 0.6) is 0 Å². The van der Waals surface area contributed by atoms with E-state index in [-0.39, 0.29) is 11.7 Å². The Balaban J connectivity index is 1.69. The van der Waals surface area contributed by atoms with Gasteiger partial charge in [0.05, 0.1) is 0 Å². The number of rotatable bonds is 5. The number of aromatic nitrogens is 3. The zero-order valence-corrected chi connectivity index (χ0v) is 14.9. The van der Waals surface area contributed by atoms with Gasteiger partial charge in [0, 0.05) is 56.4 Å². The van der Waals surface area contributed by atoms with E-state index in [0.29, 0.717) is 6.04 Å². The van der Waals surface area contributed by atoms with E-state index in [1.54, 1.807) is 13.2 Å². The molecule has 0 radical (unpaired) electrons. The molecule has 2 aromatic heterocycles. The molecule has 2 aromatic rings. The number of amides is 1. The molecular weight excluding hydrogens is 316 g/mol. The molecule has 0 aliphatic carbocycles. The first kappa shape index (κ1) is 17.3. The van der Waals surface area contributed by atoms with Crippen LogP contribution in [0.3, 0.4) is 0 Å². The summed E-state index contributed by atoms with van der Waals surface area (Å²) in [7, 11) is 1.59. The van der Waals surface area contributed by atoms with Gasteiger partial charge < -0.3 is 15.5 Å². The Bertz CT molecular complexity index is 749. The number of hydrogen-bond acceptors (Lipinski definition) is 6. The summed E-state index contributed by atoms with van der Waals surface area (Å²) in [5.74, 6) is 0.832. The van der Waals surface area contributed by atoms with Crippen molar-refractivity contribution in [3.63, 3.8) is 0 Å². The topological polar surface area (TPSA) is 83.0 Å². The summed E-state index contributed by atoms with van der Waals surface area (Å²) in [6.45, 7) is 6.51. The third-order valence-electron chi connectivity index (χ3n) is 4.60. The third kappa shape index (κ3) is 3.93. The number of carbonyl (C=O) groups excluding carboxylic acids is 1. The summed E-state index contributed by atoms with van der Waals surface area (Å²) in [5, 5.41) is 6.17. The summed E-state index contributed by atoms with van der Waals surface area (Å²) in [6, 6.07) is 4.41. The Kier molecular flexibility index (Phi) is 5.23. The number of pyridine rings is 1. The van der Waals surface area contributed by atoms with E-state index in [1.807, 2.05) is 26.1 Å². The van der Waals surface area contributed by atoms with Gasteiger partial charge in [0.1, 0.15) is 5.82 Å². The number of aryl methyl sites for hydroxylation is 1. The highest BCUT2D eigenvalue weighted by atomic mass is 16.2. The number of nitrogens with one attached hydrogen (secondary N) is 2. The van der Waals surface area contributed by atoms with Gasteiger partial charge in [-0.15, -0.1) is 0 Å². The average molecular weight is 340 g/mol. The smallest absolute Gasteiger partial charge is 0.288 e. The molecule has 1 aliphatic heterocycles. The van der Waals surface area contributed by atoms with Crippen LogP contribution in [0.4, 0.5) is 5.82 Å². The lowest BCUT2D eigenvalue weighted by Crippen LogP contribution is -2.33. The first-order valence-electron chi connectivity index (χ1n) is 8.53. The zero-order valence-electron chi connectivity index (χ0n) is 14.9. The van der Waals surface area contributed by atoms with Gasteiger partial charge in [0.2, 0.25) is 5.82 Å². The van der Waals surface area contributed by atoms with E-state index in [0.717, 1.165) is 43.1 Å². The van der Waals surface area contributed by atoms with Crippen molar-refractivity contribution in [3.05, 3.63) is 47.2 Å². The lowest BCUT2D eigenvalue weighted by atomic mass is 10.2. The maximum atomic E-state index is 11.9. The highest BCUT2D eigenvalue weighted by Crippen LogP contribution is 2.24. The first-order chi connectivity index (χ1) is 12.1. The summed E-state index contributed by atoms with van der Waals surface area (Å²) in [5.41, 5.74) is 3.05. The molecule has 25 heavy (non-hydrogen) atoms. The minimum absolute atomic E-state index is 0.229. The van der Waals surface area contributed by atoms with Crippen molar-refractivity contribution < 1.29 is 4.79 Å². The lowest BCUT2D eigenvalue weighted by Gasteiger charge is -2.21. The van der Waals surface area contributed by atoms with Gasteiger partial charge >= 0.3 is 0 Å². The molecule has 1 saturated heterocycles. The van der Waals surface area contributed by atoms with Crippen LogP contribution in [0.15, 0.2) is 24.5 Å². The van der Waals surface area contributed by atoms with Crippen LogP contribution in [0, 0.1) is 13.8 Å².